The van der Waals surface area contributed by atoms with Gasteiger partial charge >= 0.3 is 0 Å². The topological polar surface area (TPSA) is 61.9 Å². The van der Waals surface area contributed by atoms with Crippen LogP contribution >= 0.6 is 0 Å². The second kappa shape index (κ2) is 5.50. The Kier molecular flexibility index (Phi) is 3.33. The molecule has 3 heterocycles. The average Bonchev–Trinajstić information content (AvgIpc) is 2.99. The third-order valence-corrected chi connectivity index (χ3v) is 4.28. The van der Waals surface area contributed by atoms with E-state index in [1.54, 1.807) is 0 Å². The summed E-state index contributed by atoms with van der Waals surface area (Å²) in [5.41, 5.74) is 4.03. The van der Waals surface area contributed by atoms with E-state index in [2.05, 4.69) is 38.1 Å². The lowest BCUT2D eigenvalue weighted by atomic mass is 10.1. The van der Waals surface area contributed by atoms with Crippen LogP contribution in [0.25, 0.3) is 22.3 Å². The number of benzene rings is 1. The molecule has 2 aromatic heterocycles. The van der Waals surface area contributed by atoms with Crippen LogP contribution in [0, 0.1) is 6.92 Å². The molecule has 0 atom stereocenters. The maximum Gasteiger partial charge on any atom is 0.156 e. The van der Waals surface area contributed by atoms with E-state index in [0.29, 0.717) is 18.6 Å². The first-order chi connectivity index (χ1) is 11.2. The van der Waals surface area contributed by atoms with Crippen molar-refractivity contribution in [3.63, 3.8) is 0 Å². The van der Waals surface area contributed by atoms with E-state index in [1.807, 2.05) is 25.1 Å². The Labute approximate surface area is 134 Å². The van der Waals surface area contributed by atoms with Crippen LogP contribution in [0.1, 0.15) is 18.7 Å². The van der Waals surface area contributed by atoms with Crippen LogP contribution in [0.4, 0.5) is 5.82 Å². The highest BCUT2D eigenvalue weighted by Crippen LogP contribution is 2.29. The van der Waals surface area contributed by atoms with E-state index in [9.17, 15) is 4.79 Å². The summed E-state index contributed by atoms with van der Waals surface area (Å²) in [4.78, 5) is 26.3. The molecule has 0 spiro atoms. The molecule has 1 N–H and O–H groups in total. The van der Waals surface area contributed by atoms with Crippen molar-refractivity contribution in [2.75, 3.05) is 18.0 Å². The predicted molar refractivity (Wildman–Crippen MR) is 90.5 cm³/mol. The molecule has 3 aromatic rings. The standard InChI is InChI=1S/C18H18N4O/c1-12-19-16-11-15(13-5-3-2-4-6-13)21-17(16)18(20-12)22-9-7-14(23)8-10-22/h2-6,11,21H,7-10H2,1H3. The summed E-state index contributed by atoms with van der Waals surface area (Å²) in [6.45, 7) is 3.36. The normalized spacial score (nSPS) is 15.3. The Morgan fingerprint density at radius 2 is 1.83 bits per heavy atom. The third-order valence-electron chi connectivity index (χ3n) is 4.28. The first-order valence-corrected chi connectivity index (χ1v) is 7.90. The summed E-state index contributed by atoms with van der Waals surface area (Å²) >= 11 is 0. The Bertz CT molecular complexity index is 859. The van der Waals surface area contributed by atoms with Crippen molar-refractivity contribution in [1.82, 2.24) is 15.0 Å². The van der Waals surface area contributed by atoms with Crippen LogP contribution in [0.5, 0.6) is 0 Å². The minimum absolute atomic E-state index is 0.333. The van der Waals surface area contributed by atoms with Gasteiger partial charge in [-0.1, -0.05) is 30.3 Å². The molecule has 0 unspecified atom stereocenters. The van der Waals surface area contributed by atoms with Crippen LogP contribution in [-0.4, -0.2) is 33.8 Å². The van der Waals surface area contributed by atoms with Crippen molar-refractivity contribution >= 4 is 22.6 Å². The Morgan fingerprint density at radius 1 is 1.09 bits per heavy atom. The summed E-state index contributed by atoms with van der Waals surface area (Å²) in [5, 5.41) is 0. The fourth-order valence-electron chi connectivity index (χ4n) is 3.08. The maximum absolute atomic E-state index is 11.5. The lowest BCUT2D eigenvalue weighted by Crippen LogP contribution is -2.34. The predicted octanol–water partition coefficient (Wildman–Crippen LogP) is 3.10. The first kappa shape index (κ1) is 13.9. The number of hydrogen-bond donors (Lipinski definition) is 1. The zero-order chi connectivity index (χ0) is 15.8. The minimum atomic E-state index is 0.333. The number of hydrogen-bond acceptors (Lipinski definition) is 4. The highest BCUT2D eigenvalue weighted by molar-refractivity contribution is 5.91. The lowest BCUT2D eigenvalue weighted by molar-refractivity contribution is -0.119. The second-order valence-corrected chi connectivity index (χ2v) is 5.93. The quantitative estimate of drug-likeness (QED) is 0.790. The second-order valence-electron chi connectivity index (χ2n) is 5.93. The van der Waals surface area contributed by atoms with Gasteiger partial charge in [0.2, 0.25) is 0 Å². The summed E-state index contributed by atoms with van der Waals surface area (Å²) in [6, 6.07) is 12.3. The molecule has 0 bridgehead atoms. The molecule has 5 heteroatoms. The number of piperidine rings is 1. The lowest BCUT2D eigenvalue weighted by Gasteiger charge is -2.27. The number of anilines is 1. The average molecular weight is 306 g/mol. The van der Waals surface area contributed by atoms with Gasteiger partial charge in [-0.2, -0.15) is 0 Å². The van der Waals surface area contributed by atoms with Crippen molar-refractivity contribution in [2.24, 2.45) is 0 Å². The molecular formula is C18H18N4O. The van der Waals surface area contributed by atoms with Crippen molar-refractivity contribution < 1.29 is 4.79 Å². The van der Waals surface area contributed by atoms with Crippen molar-refractivity contribution in [3.05, 3.63) is 42.2 Å². The monoisotopic (exact) mass is 306 g/mol. The van der Waals surface area contributed by atoms with Crippen molar-refractivity contribution in [1.29, 1.82) is 0 Å². The highest BCUT2D eigenvalue weighted by atomic mass is 16.1. The summed E-state index contributed by atoms with van der Waals surface area (Å²) < 4.78 is 0. The Morgan fingerprint density at radius 3 is 2.57 bits per heavy atom. The molecule has 1 fully saturated rings. The number of aromatic nitrogens is 3. The van der Waals surface area contributed by atoms with E-state index in [0.717, 1.165) is 47.0 Å². The van der Waals surface area contributed by atoms with E-state index < -0.39 is 0 Å². The fourth-order valence-corrected chi connectivity index (χ4v) is 3.08. The number of fused-ring (bicyclic) bond motifs is 1. The van der Waals surface area contributed by atoms with Crippen LogP contribution in [0.2, 0.25) is 0 Å². The van der Waals surface area contributed by atoms with Crippen LogP contribution in [-0.2, 0) is 4.79 Å². The number of rotatable bonds is 2. The molecule has 4 rings (SSSR count). The Hall–Kier alpha value is -2.69. The largest absolute Gasteiger partial charge is 0.354 e. The zero-order valence-corrected chi connectivity index (χ0v) is 13.0. The van der Waals surface area contributed by atoms with Gasteiger partial charge in [0, 0.05) is 31.6 Å². The van der Waals surface area contributed by atoms with E-state index in [4.69, 9.17) is 0 Å². The van der Waals surface area contributed by atoms with Crippen LogP contribution in [0.3, 0.4) is 0 Å². The number of nitrogens with zero attached hydrogens (tertiary/aromatic N) is 3. The molecule has 23 heavy (non-hydrogen) atoms. The van der Waals surface area contributed by atoms with Gasteiger partial charge in [0.25, 0.3) is 0 Å². The summed E-state index contributed by atoms with van der Waals surface area (Å²) in [6.07, 6.45) is 1.19. The zero-order valence-electron chi connectivity index (χ0n) is 13.0. The molecule has 0 saturated carbocycles. The summed E-state index contributed by atoms with van der Waals surface area (Å²) in [7, 11) is 0. The number of carbonyl (C=O) groups is 1. The SMILES string of the molecule is Cc1nc(N2CCC(=O)CC2)c2[nH]c(-c3ccccc3)cc2n1. The number of ketones is 1. The fraction of sp³-hybridized carbons (Fsp3) is 0.278. The molecule has 0 amide bonds. The molecule has 1 aromatic carbocycles. The van der Waals surface area contributed by atoms with Crippen LogP contribution < -0.4 is 4.90 Å². The number of Topliss-reactive ketones (excluding diaryl/α,β-unsaturated/α-hetero) is 1. The van der Waals surface area contributed by atoms with Crippen molar-refractivity contribution in [2.45, 2.75) is 19.8 Å². The van der Waals surface area contributed by atoms with Crippen LogP contribution in [0.15, 0.2) is 36.4 Å². The molecule has 1 aliphatic rings. The van der Waals surface area contributed by atoms with Gasteiger partial charge in [0.15, 0.2) is 5.82 Å². The molecule has 116 valence electrons. The van der Waals surface area contributed by atoms with E-state index in [1.165, 1.54) is 0 Å². The number of H-pyrrole nitrogens is 1. The first-order valence-electron chi connectivity index (χ1n) is 7.90. The van der Waals surface area contributed by atoms with Gasteiger partial charge in [-0.25, -0.2) is 9.97 Å². The van der Waals surface area contributed by atoms with E-state index in [-0.39, 0.29) is 0 Å². The van der Waals surface area contributed by atoms with Gasteiger partial charge in [-0.05, 0) is 18.6 Å². The Balaban J connectivity index is 1.81. The molecule has 5 nitrogen and oxygen atoms in total. The van der Waals surface area contributed by atoms with Gasteiger partial charge < -0.3 is 9.88 Å². The molecule has 1 saturated heterocycles. The van der Waals surface area contributed by atoms with Gasteiger partial charge in [-0.15, -0.1) is 0 Å². The number of aromatic amines is 1. The van der Waals surface area contributed by atoms with E-state index >= 15 is 0 Å². The molecule has 1 aliphatic heterocycles. The maximum atomic E-state index is 11.5. The molecule has 0 radical (unpaired) electrons. The van der Waals surface area contributed by atoms with Crippen molar-refractivity contribution in [3.8, 4) is 11.3 Å². The smallest absolute Gasteiger partial charge is 0.156 e. The third kappa shape index (κ3) is 2.59. The minimum Gasteiger partial charge on any atom is -0.354 e. The number of nitrogens with one attached hydrogen (secondary N) is 1. The van der Waals surface area contributed by atoms with Gasteiger partial charge in [0.05, 0.1) is 5.52 Å². The molecular weight excluding hydrogens is 288 g/mol. The van der Waals surface area contributed by atoms with Gasteiger partial charge in [0.1, 0.15) is 17.1 Å². The van der Waals surface area contributed by atoms with Gasteiger partial charge in [-0.3, -0.25) is 4.79 Å². The molecule has 0 aliphatic carbocycles. The number of carbonyl (C=O) groups excluding carboxylic acids is 1. The highest BCUT2D eigenvalue weighted by Gasteiger charge is 2.21. The summed E-state index contributed by atoms with van der Waals surface area (Å²) in [5.74, 6) is 1.99. The number of aryl methyl sites for hydroxylation is 1.